The lowest BCUT2D eigenvalue weighted by Gasteiger charge is -2.28. The highest BCUT2D eigenvalue weighted by atomic mass is 19.4. The summed E-state index contributed by atoms with van der Waals surface area (Å²) in [5.41, 5.74) is -1.03. The zero-order valence-electron chi connectivity index (χ0n) is 16.7. The Balaban J connectivity index is 1.48. The predicted molar refractivity (Wildman–Crippen MR) is 105 cm³/mol. The van der Waals surface area contributed by atoms with Crippen LogP contribution >= 0.6 is 0 Å². The molecular formula is C19H22F3N7O2. The number of alkyl halides is 3. The zero-order chi connectivity index (χ0) is 21.8. The van der Waals surface area contributed by atoms with E-state index in [1.807, 2.05) is 4.90 Å². The van der Waals surface area contributed by atoms with Crippen molar-refractivity contribution in [2.45, 2.75) is 25.6 Å². The number of pyridine rings is 1. The van der Waals surface area contributed by atoms with Crippen molar-refractivity contribution in [2.24, 2.45) is 0 Å². The molecule has 2 fully saturated rings. The Morgan fingerprint density at radius 1 is 1.00 bits per heavy atom. The second-order valence-electron chi connectivity index (χ2n) is 7.26. The summed E-state index contributed by atoms with van der Waals surface area (Å²) in [6.07, 6.45) is -1.53. The monoisotopic (exact) mass is 437 g/mol. The number of hydrogen-bond donors (Lipinski definition) is 1. The van der Waals surface area contributed by atoms with E-state index in [2.05, 4.69) is 30.2 Å². The van der Waals surface area contributed by atoms with E-state index in [1.54, 1.807) is 0 Å². The normalized spacial score (nSPS) is 17.1. The maximum absolute atomic E-state index is 12.6. The topological polar surface area (TPSA) is 96.4 Å². The Morgan fingerprint density at radius 3 is 2.23 bits per heavy atom. The molecule has 2 aromatic rings. The van der Waals surface area contributed by atoms with Crippen molar-refractivity contribution in [3.8, 4) is 0 Å². The summed E-state index contributed by atoms with van der Waals surface area (Å²) >= 11 is 0. The van der Waals surface area contributed by atoms with Crippen molar-refractivity contribution in [1.82, 2.24) is 25.3 Å². The highest BCUT2D eigenvalue weighted by molar-refractivity contribution is 5.93. The van der Waals surface area contributed by atoms with Crippen LogP contribution in [-0.2, 0) is 17.5 Å². The highest BCUT2D eigenvalue weighted by Crippen LogP contribution is 2.27. The first-order valence-corrected chi connectivity index (χ1v) is 10.0. The number of carbonyl (C=O) groups excluding carboxylic acids is 1. The van der Waals surface area contributed by atoms with Crippen molar-refractivity contribution < 1.29 is 22.7 Å². The predicted octanol–water partition coefficient (Wildman–Crippen LogP) is 1.65. The molecule has 2 saturated heterocycles. The van der Waals surface area contributed by atoms with Gasteiger partial charge in [-0.1, -0.05) is 0 Å². The number of morpholine rings is 1. The minimum Gasteiger partial charge on any atom is -0.378 e. The molecule has 0 radical (unpaired) electrons. The van der Waals surface area contributed by atoms with Gasteiger partial charge in [0.2, 0.25) is 11.9 Å². The number of halogens is 3. The van der Waals surface area contributed by atoms with Gasteiger partial charge in [0.05, 0.1) is 25.3 Å². The molecule has 0 unspecified atom stereocenters. The average molecular weight is 437 g/mol. The average Bonchev–Trinajstić information content (AvgIpc) is 3.32. The number of ether oxygens (including phenoxy) is 1. The maximum atomic E-state index is 12.6. The summed E-state index contributed by atoms with van der Waals surface area (Å²) in [7, 11) is 0. The molecule has 2 aromatic heterocycles. The molecule has 0 aliphatic carbocycles. The van der Waals surface area contributed by atoms with Crippen LogP contribution in [0.1, 0.15) is 34.7 Å². The fourth-order valence-electron chi connectivity index (χ4n) is 3.39. The lowest BCUT2D eigenvalue weighted by atomic mass is 10.2. The Kier molecular flexibility index (Phi) is 6.16. The minimum atomic E-state index is -4.55. The van der Waals surface area contributed by atoms with Crippen LogP contribution in [0, 0.1) is 0 Å². The first kappa shape index (κ1) is 21.2. The third-order valence-electron chi connectivity index (χ3n) is 5.06. The summed E-state index contributed by atoms with van der Waals surface area (Å²) in [4.78, 5) is 33.3. The van der Waals surface area contributed by atoms with Gasteiger partial charge in [0.15, 0.2) is 5.82 Å². The zero-order valence-corrected chi connectivity index (χ0v) is 16.7. The largest absolute Gasteiger partial charge is 0.433 e. The van der Waals surface area contributed by atoms with Crippen LogP contribution in [0.15, 0.2) is 18.3 Å². The van der Waals surface area contributed by atoms with Crippen molar-refractivity contribution >= 4 is 17.8 Å². The molecule has 0 saturated carbocycles. The second kappa shape index (κ2) is 9.00. The summed E-state index contributed by atoms with van der Waals surface area (Å²) in [6, 6.07) is 1.87. The van der Waals surface area contributed by atoms with Gasteiger partial charge in [-0.2, -0.15) is 28.1 Å². The lowest BCUT2D eigenvalue weighted by molar-refractivity contribution is -0.141. The second-order valence-corrected chi connectivity index (χ2v) is 7.26. The molecule has 4 heterocycles. The quantitative estimate of drug-likeness (QED) is 0.755. The molecule has 0 atom stereocenters. The van der Waals surface area contributed by atoms with Gasteiger partial charge in [0, 0.05) is 32.4 Å². The molecule has 9 nitrogen and oxygen atoms in total. The SMILES string of the molecule is O=C(NCc1nc(N2CCCC2)nc(N2CCOCC2)n1)c1ccc(C(F)(F)F)nc1. The number of rotatable bonds is 5. The van der Waals surface area contributed by atoms with Gasteiger partial charge < -0.3 is 19.9 Å². The highest BCUT2D eigenvalue weighted by Gasteiger charge is 2.32. The fraction of sp³-hybridized carbons (Fsp3) is 0.526. The van der Waals surface area contributed by atoms with E-state index in [0.717, 1.165) is 44.3 Å². The van der Waals surface area contributed by atoms with Crippen molar-refractivity contribution in [3.05, 3.63) is 35.4 Å². The van der Waals surface area contributed by atoms with Crippen molar-refractivity contribution in [1.29, 1.82) is 0 Å². The number of aromatic nitrogens is 4. The van der Waals surface area contributed by atoms with Gasteiger partial charge in [-0.25, -0.2) is 0 Å². The van der Waals surface area contributed by atoms with Crippen LogP contribution in [0.25, 0.3) is 0 Å². The summed E-state index contributed by atoms with van der Waals surface area (Å²) in [5.74, 6) is 0.916. The van der Waals surface area contributed by atoms with Crippen LogP contribution in [-0.4, -0.2) is 65.2 Å². The van der Waals surface area contributed by atoms with Crippen LogP contribution in [0.2, 0.25) is 0 Å². The van der Waals surface area contributed by atoms with E-state index in [1.165, 1.54) is 0 Å². The third-order valence-corrected chi connectivity index (χ3v) is 5.06. The van der Waals surface area contributed by atoms with Crippen LogP contribution in [0.5, 0.6) is 0 Å². The summed E-state index contributed by atoms with van der Waals surface area (Å²) in [5, 5.41) is 2.65. The van der Waals surface area contributed by atoms with Gasteiger partial charge >= 0.3 is 6.18 Å². The van der Waals surface area contributed by atoms with Gasteiger partial charge in [-0.3, -0.25) is 9.78 Å². The van der Waals surface area contributed by atoms with Crippen LogP contribution in [0.4, 0.5) is 25.1 Å². The van der Waals surface area contributed by atoms with E-state index in [4.69, 9.17) is 4.74 Å². The standard InChI is InChI=1S/C19H22F3N7O2/c20-19(21,22)14-4-3-13(11-23-14)16(30)24-12-15-25-17(28-5-1-2-6-28)27-18(26-15)29-7-9-31-10-8-29/h3-4,11H,1-2,5-10,12H2,(H,24,30). The van der Waals surface area contributed by atoms with E-state index >= 15 is 0 Å². The van der Waals surface area contributed by atoms with Crippen LogP contribution in [0.3, 0.4) is 0 Å². The number of anilines is 2. The molecule has 0 bridgehead atoms. The first-order valence-electron chi connectivity index (χ1n) is 10.0. The van der Waals surface area contributed by atoms with E-state index < -0.39 is 17.8 Å². The molecular weight excluding hydrogens is 415 g/mol. The molecule has 0 aromatic carbocycles. The van der Waals surface area contributed by atoms with Crippen LogP contribution < -0.4 is 15.1 Å². The first-order chi connectivity index (χ1) is 14.9. The molecule has 0 spiro atoms. The maximum Gasteiger partial charge on any atom is 0.433 e. The van der Waals surface area contributed by atoms with Gasteiger partial charge in [-0.05, 0) is 25.0 Å². The smallest absolute Gasteiger partial charge is 0.378 e. The number of nitrogens with one attached hydrogen (secondary N) is 1. The summed E-state index contributed by atoms with van der Waals surface area (Å²) in [6.45, 7) is 4.21. The molecule has 4 rings (SSSR count). The minimum absolute atomic E-state index is 0.0144. The van der Waals surface area contributed by atoms with Crippen molar-refractivity contribution in [3.63, 3.8) is 0 Å². The van der Waals surface area contributed by atoms with E-state index in [-0.39, 0.29) is 12.1 Å². The number of nitrogens with zero attached hydrogens (tertiary/aromatic N) is 6. The van der Waals surface area contributed by atoms with E-state index in [9.17, 15) is 18.0 Å². The Morgan fingerprint density at radius 2 is 1.65 bits per heavy atom. The molecule has 1 N–H and O–H groups in total. The molecule has 1 amide bonds. The van der Waals surface area contributed by atoms with Gasteiger partial charge in [0.25, 0.3) is 5.91 Å². The third kappa shape index (κ3) is 5.19. The Hall–Kier alpha value is -3.02. The molecule has 166 valence electrons. The van der Waals surface area contributed by atoms with E-state index in [0.29, 0.717) is 44.0 Å². The van der Waals surface area contributed by atoms with Crippen molar-refractivity contribution in [2.75, 3.05) is 49.2 Å². The lowest BCUT2D eigenvalue weighted by Crippen LogP contribution is -2.38. The van der Waals surface area contributed by atoms with Gasteiger partial charge in [0.1, 0.15) is 5.69 Å². The molecule has 2 aliphatic rings. The molecule has 12 heteroatoms. The number of amides is 1. The Bertz CT molecular complexity index is 912. The fourth-order valence-corrected chi connectivity index (χ4v) is 3.39. The summed E-state index contributed by atoms with van der Waals surface area (Å²) < 4.78 is 43.3. The number of carbonyl (C=O) groups is 1. The Labute approximate surface area is 176 Å². The van der Waals surface area contributed by atoms with Gasteiger partial charge in [-0.15, -0.1) is 0 Å². The number of hydrogen-bond acceptors (Lipinski definition) is 8. The molecule has 2 aliphatic heterocycles. The molecule has 31 heavy (non-hydrogen) atoms.